The van der Waals surface area contributed by atoms with Crippen LogP contribution in [0.5, 0.6) is 0 Å². The Morgan fingerprint density at radius 2 is 2.30 bits per heavy atom. The molecule has 6 nitrogen and oxygen atoms in total. The van der Waals surface area contributed by atoms with Crippen LogP contribution in [0.15, 0.2) is 29.8 Å². The maximum absolute atomic E-state index is 10.7. The second-order valence-corrected chi connectivity index (χ2v) is 6.04. The number of aromatic nitrogens is 2. The SMILES string of the molecule is O=[N+]([O-])c1ccc2nc(NCCc3nccs3)sc2c1. The number of nitrogens with one attached hydrogen (secondary N) is 1. The molecule has 1 aromatic carbocycles. The quantitative estimate of drug-likeness (QED) is 0.577. The van der Waals surface area contributed by atoms with Crippen LogP contribution in [0, 0.1) is 10.1 Å². The van der Waals surface area contributed by atoms with E-state index < -0.39 is 4.92 Å². The normalized spacial score (nSPS) is 10.8. The molecular formula is C12H10N4O2S2. The first-order valence-corrected chi connectivity index (χ1v) is 7.59. The first-order valence-electron chi connectivity index (χ1n) is 5.89. The Labute approximate surface area is 122 Å². The fourth-order valence-electron chi connectivity index (χ4n) is 1.76. The molecule has 3 aromatic rings. The van der Waals surface area contributed by atoms with Gasteiger partial charge in [0.1, 0.15) is 0 Å². The number of hydrogen-bond acceptors (Lipinski definition) is 7. The van der Waals surface area contributed by atoms with Crippen LogP contribution in [0.4, 0.5) is 10.8 Å². The number of nitro benzene ring substituents is 1. The van der Waals surface area contributed by atoms with Crippen LogP contribution >= 0.6 is 22.7 Å². The van der Waals surface area contributed by atoms with Gasteiger partial charge in [0.2, 0.25) is 0 Å². The second kappa shape index (κ2) is 5.51. The van der Waals surface area contributed by atoms with E-state index in [1.165, 1.54) is 17.4 Å². The Morgan fingerprint density at radius 1 is 1.40 bits per heavy atom. The molecule has 0 aliphatic heterocycles. The van der Waals surface area contributed by atoms with Crippen molar-refractivity contribution in [3.05, 3.63) is 44.9 Å². The van der Waals surface area contributed by atoms with Gasteiger partial charge >= 0.3 is 0 Å². The van der Waals surface area contributed by atoms with Crippen molar-refractivity contribution in [3.63, 3.8) is 0 Å². The summed E-state index contributed by atoms with van der Waals surface area (Å²) < 4.78 is 0.816. The summed E-state index contributed by atoms with van der Waals surface area (Å²) in [4.78, 5) is 18.9. The van der Waals surface area contributed by atoms with Gasteiger partial charge in [0.25, 0.3) is 5.69 Å². The van der Waals surface area contributed by atoms with Crippen molar-refractivity contribution in [1.82, 2.24) is 9.97 Å². The molecule has 102 valence electrons. The van der Waals surface area contributed by atoms with Crippen molar-refractivity contribution < 1.29 is 4.92 Å². The largest absolute Gasteiger partial charge is 0.361 e. The molecule has 8 heteroatoms. The fraction of sp³-hybridized carbons (Fsp3) is 0.167. The van der Waals surface area contributed by atoms with E-state index >= 15 is 0 Å². The molecule has 0 aliphatic carbocycles. The van der Waals surface area contributed by atoms with Crippen LogP contribution in [-0.4, -0.2) is 21.4 Å². The molecule has 0 amide bonds. The van der Waals surface area contributed by atoms with Gasteiger partial charge < -0.3 is 5.32 Å². The zero-order valence-electron chi connectivity index (χ0n) is 10.3. The lowest BCUT2D eigenvalue weighted by Gasteiger charge is -1.98. The van der Waals surface area contributed by atoms with Crippen molar-refractivity contribution in [2.24, 2.45) is 0 Å². The van der Waals surface area contributed by atoms with Crippen LogP contribution < -0.4 is 5.32 Å². The summed E-state index contributed by atoms with van der Waals surface area (Å²) in [5.74, 6) is 0. The predicted molar refractivity (Wildman–Crippen MR) is 80.6 cm³/mol. The lowest BCUT2D eigenvalue weighted by atomic mass is 10.3. The number of nitrogens with zero attached hydrogens (tertiary/aromatic N) is 3. The number of thiazole rings is 2. The van der Waals surface area contributed by atoms with Crippen molar-refractivity contribution in [3.8, 4) is 0 Å². The molecule has 2 aromatic heterocycles. The maximum Gasteiger partial charge on any atom is 0.270 e. The van der Waals surface area contributed by atoms with Crippen LogP contribution in [0.2, 0.25) is 0 Å². The summed E-state index contributed by atoms with van der Waals surface area (Å²) in [5.41, 5.74) is 0.868. The average molecular weight is 306 g/mol. The number of hydrogen-bond donors (Lipinski definition) is 1. The molecule has 0 spiro atoms. The molecule has 0 saturated carbocycles. The van der Waals surface area contributed by atoms with Crippen molar-refractivity contribution >= 4 is 43.7 Å². The number of nitro groups is 1. The lowest BCUT2D eigenvalue weighted by Crippen LogP contribution is -2.03. The molecule has 0 bridgehead atoms. The summed E-state index contributed by atoms with van der Waals surface area (Å²) in [6.45, 7) is 0.745. The summed E-state index contributed by atoms with van der Waals surface area (Å²) >= 11 is 3.05. The van der Waals surface area contributed by atoms with E-state index in [1.54, 1.807) is 29.7 Å². The average Bonchev–Trinajstić information content (AvgIpc) is 3.06. The maximum atomic E-state index is 10.7. The van der Waals surface area contributed by atoms with E-state index in [-0.39, 0.29) is 5.69 Å². The number of non-ortho nitro benzene ring substituents is 1. The standard InChI is InChI=1S/C12H10N4O2S2/c17-16(18)8-1-2-9-10(7-8)20-12(15-9)14-4-3-11-13-5-6-19-11/h1-2,5-7H,3-4H2,(H,14,15). The highest BCUT2D eigenvalue weighted by atomic mass is 32.1. The third kappa shape index (κ3) is 2.75. The van der Waals surface area contributed by atoms with Gasteiger partial charge in [-0.3, -0.25) is 10.1 Å². The molecule has 0 atom stereocenters. The highest BCUT2D eigenvalue weighted by Crippen LogP contribution is 2.29. The Morgan fingerprint density at radius 3 is 3.05 bits per heavy atom. The van der Waals surface area contributed by atoms with Crippen molar-refractivity contribution in [1.29, 1.82) is 0 Å². The number of rotatable bonds is 5. The third-order valence-electron chi connectivity index (χ3n) is 2.68. The second-order valence-electron chi connectivity index (χ2n) is 4.03. The molecule has 2 heterocycles. The highest BCUT2D eigenvalue weighted by Gasteiger charge is 2.10. The first kappa shape index (κ1) is 12.9. The van der Waals surface area contributed by atoms with Crippen LogP contribution in [0.25, 0.3) is 10.2 Å². The monoisotopic (exact) mass is 306 g/mol. The Balaban J connectivity index is 1.70. The summed E-state index contributed by atoms with van der Waals surface area (Å²) in [6, 6.07) is 4.70. The predicted octanol–water partition coefficient (Wildman–Crippen LogP) is 3.32. The van der Waals surface area contributed by atoms with Gasteiger partial charge in [0.15, 0.2) is 5.13 Å². The van der Waals surface area contributed by atoms with Crippen molar-refractivity contribution in [2.45, 2.75) is 6.42 Å². The first-order chi connectivity index (χ1) is 9.72. The van der Waals surface area contributed by atoms with Gasteiger partial charge in [-0.2, -0.15) is 0 Å². The fourth-order valence-corrected chi connectivity index (χ4v) is 3.30. The van der Waals surface area contributed by atoms with Crippen LogP contribution in [0.3, 0.4) is 0 Å². The molecule has 0 fully saturated rings. The minimum absolute atomic E-state index is 0.0930. The van der Waals surface area contributed by atoms with E-state index in [4.69, 9.17) is 0 Å². The Hall–Kier alpha value is -2.06. The van der Waals surface area contributed by atoms with Gasteiger partial charge in [-0.15, -0.1) is 11.3 Å². The molecule has 0 radical (unpaired) electrons. The Kier molecular flexibility index (Phi) is 3.57. The van der Waals surface area contributed by atoms with Gasteiger partial charge in [-0.25, -0.2) is 9.97 Å². The molecule has 20 heavy (non-hydrogen) atoms. The smallest absolute Gasteiger partial charge is 0.270 e. The topological polar surface area (TPSA) is 81.0 Å². The minimum atomic E-state index is -0.394. The summed E-state index contributed by atoms with van der Waals surface area (Å²) in [7, 11) is 0. The van der Waals surface area contributed by atoms with E-state index in [2.05, 4.69) is 15.3 Å². The van der Waals surface area contributed by atoms with Gasteiger partial charge in [0.05, 0.1) is 20.1 Å². The summed E-state index contributed by atoms with van der Waals surface area (Å²) in [5, 5.41) is 17.8. The lowest BCUT2D eigenvalue weighted by molar-refractivity contribution is -0.384. The van der Waals surface area contributed by atoms with Gasteiger partial charge in [-0.1, -0.05) is 11.3 Å². The Bertz CT molecular complexity index is 739. The molecule has 0 unspecified atom stereocenters. The molecule has 0 aliphatic rings. The van der Waals surface area contributed by atoms with Crippen LogP contribution in [0.1, 0.15) is 5.01 Å². The number of fused-ring (bicyclic) bond motifs is 1. The van der Waals surface area contributed by atoms with E-state index in [0.29, 0.717) is 0 Å². The van der Waals surface area contributed by atoms with Gasteiger partial charge in [0, 0.05) is 36.7 Å². The molecule has 3 rings (SSSR count). The minimum Gasteiger partial charge on any atom is -0.361 e. The number of anilines is 1. The third-order valence-corrected chi connectivity index (χ3v) is 4.50. The molecular weight excluding hydrogens is 296 g/mol. The van der Waals surface area contributed by atoms with Gasteiger partial charge in [-0.05, 0) is 6.07 Å². The van der Waals surface area contributed by atoms with E-state index in [1.807, 2.05) is 5.38 Å². The number of benzene rings is 1. The van der Waals surface area contributed by atoms with Crippen LogP contribution in [-0.2, 0) is 6.42 Å². The van der Waals surface area contributed by atoms with E-state index in [9.17, 15) is 10.1 Å². The highest BCUT2D eigenvalue weighted by molar-refractivity contribution is 7.22. The zero-order chi connectivity index (χ0) is 13.9. The zero-order valence-corrected chi connectivity index (χ0v) is 11.9. The summed E-state index contributed by atoms with van der Waals surface area (Å²) in [6.07, 6.45) is 2.63. The molecule has 0 saturated heterocycles. The van der Waals surface area contributed by atoms with Crippen molar-refractivity contribution in [2.75, 3.05) is 11.9 Å². The van der Waals surface area contributed by atoms with E-state index in [0.717, 1.165) is 33.3 Å². The molecule has 1 N–H and O–H groups in total.